The number of carbonyl (C=O) groups is 1. The summed E-state index contributed by atoms with van der Waals surface area (Å²) in [7, 11) is 0. The summed E-state index contributed by atoms with van der Waals surface area (Å²) in [6.45, 7) is 2.00. The highest BCUT2D eigenvalue weighted by molar-refractivity contribution is 6.32. The molecule has 0 heterocycles. The molecule has 0 radical (unpaired) electrons. The summed E-state index contributed by atoms with van der Waals surface area (Å²) < 4.78 is 4.82. The minimum atomic E-state index is -0.424. The Bertz CT molecular complexity index is 492. The molecule has 1 aromatic carbocycles. The van der Waals surface area contributed by atoms with E-state index in [1.54, 1.807) is 31.2 Å². The molecule has 0 amide bonds. The summed E-state index contributed by atoms with van der Waals surface area (Å²) in [5.41, 5.74) is 0.610. The molecule has 1 rings (SSSR count). The molecule has 0 fully saturated rings. The van der Waals surface area contributed by atoms with Crippen molar-refractivity contribution >= 4 is 23.3 Å². The van der Waals surface area contributed by atoms with Gasteiger partial charge in [-0.1, -0.05) is 23.7 Å². The van der Waals surface area contributed by atoms with Gasteiger partial charge in [0.25, 0.3) is 0 Å². The molecule has 0 atom stereocenters. The Morgan fingerprint density at radius 1 is 1.59 bits per heavy atom. The third kappa shape index (κ3) is 3.30. The van der Waals surface area contributed by atoms with E-state index in [9.17, 15) is 4.79 Å². The summed E-state index contributed by atoms with van der Waals surface area (Å²) in [5, 5.41) is 16.6. The highest BCUT2D eigenvalue weighted by Gasteiger charge is 2.15. The molecule has 0 saturated heterocycles. The van der Waals surface area contributed by atoms with Gasteiger partial charge in [-0.25, -0.2) is 0 Å². The molecule has 0 aliphatic carbocycles. The Labute approximate surface area is 104 Å². The average Bonchev–Trinajstić information content (AvgIpc) is 2.31. The Kier molecular flexibility index (Phi) is 4.68. The van der Waals surface area contributed by atoms with Crippen molar-refractivity contribution in [2.24, 2.45) is 0 Å². The van der Waals surface area contributed by atoms with Gasteiger partial charge in [-0.3, -0.25) is 10.2 Å². The largest absolute Gasteiger partial charge is 0.466 e. The first-order valence-electron chi connectivity index (χ1n) is 5.02. The van der Waals surface area contributed by atoms with Crippen LogP contribution in [0, 0.1) is 16.7 Å². The van der Waals surface area contributed by atoms with E-state index in [0.717, 1.165) is 0 Å². The molecule has 0 bridgehead atoms. The molecule has 0 unspecified atom stereocenters. The van der Waals surface area contributed by atoms with Crippen molar-refractivity contribution in [1.29, 1.82) is 10.7 Å². The Balaban J connectivity index is 3.09. The Morgan fingerprint density at radius 2 is 2.29 bits per heavy atom. The lowest BCUT2D eigenvalue weighted by atomic mass is 10.0. The number of esters is 1. The molecule has 4 nitrogen and oxygen atoms in total. The van der Waals surface area contributed by atoms with Crippen LogP contribution in [0.4, 0.5) is 0 Å². The molecule has 88 valence electrons. The normalized spacial score (nSPS) is 9.47. The van der Waals surface area contributed by atoms with Crippen LogP contribution in [0.2, 0.25) is 5.02 Å². The van der Waals surface area contributed by atoms with E-state index < -0.39 is 5.97 Å². The molecule has 1 aromatic rings. The molecule has 0 aromatic heterocycles. The van der Waals surface area contributed by atoms with Crippen LogP contribution in [0.15, 0.2) is 18.2 Å². The lowest BCUT2D eigenvalue weighted by molar-refractivity contribution is -0.142. The lowest BCUT2D eigenvalue weighted by Gasteiger charge is -2.08. The monoisotopic (exact) mass is 250 g/mol. The number of nitrogens with zero attached hydrogens (tertiary/aromatic N) is 1. The van der Waals surface area contributed by atoms with E-state index in [4.69, 9.17) is 27.0 Å². The SMILES string of the molecule is CCOC(=O)Cc1c(Cl)cccc1C(=N)C#N. The third-order valence-corrected chi connectivity index (χ3v) is 2.48. The minimum Gasteiger partial charge on any atom is -0.466 e. The standard InChI is InChI=1S/C12H11ClN2O2/c1-2-17-12(16)6-9-8(11(15)7-14)4-3-5-10(9)13/h3-5,15H,2,6H2,1H3. The van der Waals surface area contributed by atoms with Crippen LogP contribution >= 0.6 is 11.6 Å². The van der Waals surface area contributed by atoms with Crippen LogP contribution in [-0.2, 0) is 16.0 Å². The molecule has 5 heteroatoms. The van der Waals surface area contributed by atoms with E-state index >= 15 is 0 Å². The molecule has 0 saturated carbocycles. The first kappa shape index (κ1) is 13.2. The van der Waals surface area contributed by atoms with Gasteiger partial charge in [0.15, 0.2) is 0 Å². The topological polar surface area (TPSA) is 73.9 Å². The quantitative estimate of drug-likeness (QED) is 0.658. The van der Waals surface area contributed by atoms with Crippen LogP contribution in [0.5, 0.6) is 0 Å². The molecule has 17 heavy (non-hydrogen) atoms. The van der Waals surface area contributed by atoms with Crippen molar-refractivity contribution in [3.63, 3.8) is 0 Å². The van der Waals surface area contributed by atoms with E-state index in [1.807, 2.05) is 0 Å². The van der Waals surface area contributed by atoms with Gasteiger partial charge in [-0.2, -0.15) is 5.26 Å². The van der Waals surface area contributed by atoms with Gasteiger partial charge in [0, 0.05) is 10.6 Å². The number of hydrogen-bond donors (Lipinski definition) is 1. The first-order chi connectivity index (χ1) is 8.10. The molecular weight excluding hydrogens is 240 g/mol. The fourth-order valence-electron chi connectivity index (χ4n) is 1.39. The highest BCUT2D eigenvalue weighted by atomic mass is 35.5. The molecular formula is C12H11ClN2O2. The Hall–Kier alpha value is -1.86. The van der Waals surface area contributed by atoms with Crippen molar-refractivity contribution in [3.8, 4) is 6.07 Å². The number of rotatable bonds is 4. The van der Waals surface area contributed by atoms with Crippen molar-refractivity contribution in [3.05, 3.63) is 34.3 Å². The van der Waals surface area contributed by atoms with Crippen LogP contribution in [0.25, 0.3) is 0 Å². The van der Waals surface area contributed by atoms with Gasteiger partial charge >= 0.3 is 5.97 Å². The number of hydrogen-bond acceptors (Lipinski definition) is 4. The number of carbonyl (C=O) groups excluding carboxylic acids is 1. The molecule has 0 spiro atoms. The van der Waals surface area contributed by atoms with Crippen LogP contribution in [0.1, 0.15) is 18.1 Å². The van der Waals surface area contributed by atoms with Crippen LogP contribution in [-0.4, -0.2) is 18.3 Å². The van der Waals surface area contributed by atoms with Crippen LogP contribution < -0.4 is 0 Å². The smallest absolute Gasteiger partial charge is 0.310 e. The highest BCUT2D eigenvalue weighted by Crippen LogP contribution is 2.21. The fourth-order valence-corrected chi connectivity index (χ4v) is 1.63. The summed E-state index contributed by atoms with van der Waals surface area (Å²) in [4.78, 5) is 11.4. The van der Waals surface area contributed by atoms with Crippen molar-refractivity contribution < 1.29 is 9.53 Å². The van der Waals surface area contributed by atoms with Gasteiger partial charge in [0.2, 0.25) is 0 Å². The van der Waals surface area contributed by atoms with Gasteiger partial charge in [-0.15, -0.1) is 0 Å². The number of ether oxygens (including phenoxy) is 1. The average molecular weight is 251 g/mol. The maximum absolute atomic E-state index is 11.4. The maximum atomic E-state index is 11.4. The second kappa shape index (κ2) is 6.02. The number of nitriles is 1. The first-order valence-corrected chi connectivity index (χ1v) is 5.40. The zero-order valence-corrected chi connectivity index (χ0v) is 10.0. The number of benzene rings is 1. The zero-order valence-electron chi connectivity index (χ0n) is 9.29. The summed E-state index contributed by atoms with van der Waals surface area (Å²) in [6, 6.07) is 6.57. The summed E-state index contributed by atoms with van der Waals surface area (Å²) >= 11 is 5.96. The fraction of sp³-hybridized carbons (Fsp3) is 0.250. The van der Waals surface area contributed by atoms with Gasteiger partial charge in [-0.05, 0) is 18.6 Å². The second-order valence-electron chi connectivity index (χ2n) is 3.23. The predicted octanol–water partition coefficient (Wildman–Crippen LogP) is 2.34. The minimum absolute atomic E-state index is 0.0348. The van der Waals surface area contributed by atoms with E-state index in [1.165, 1.54) is 0 Å². The van der Waals surface area contributed by atoms with Gasteiger partial charge in [0.05, 0.1) is 13.0 Å². The second-order valence-corrected chi connectivity index (χ2v) is 3.64. The van der Waals surface area contributed by atoms with Gasteiger partial charge < -0.3 is 4.74 Å². The summed E-state index contributed by atoms with van der Waals surface area (Å²) in [5.74, 6) is -0.424. The predicted molar refractivity (Wildman–Crippen MR) is 64.2 cm³/mol. The van der Waals surface area contributed by atoms with E-state index in [-0.39, 0.29) is 18.7 Å². The lowest BCUT2D eigenvalue weighted by Crippen LogP contribution is -2.11. The van der Waals surface area contributed by atoms with E-state index in [2.05, 4.69) is 0 Å². The maximum Gasteiger partial charge on any atom is 0.310 e. The Morgan fingerprint density at radius 3 is 2.88 bits per heavy atom. The van der Waals surface area contributed by atoms with E-state index in [0.29, 0.717) is 16.1 Å². The van der Waals surface area contributed by atoms with Gasteiger partial charge in [0.1, 0.15) is 11.8 Å². The van der Waals surface area contributed by atoms with Crippen molar-refractivity contribution in [2.75, 3.05) is 6.61 Å². The third-order valence-electron chi connectivity index (χ3n) is 2.13. The van der Waals surface area contributed by atoms with Crippen molar-refractivity contribution in [2.45, 2.75) is 13.3 Å². The molecule has 1 N–H and O–H groups in total. The number of halogens is 1. The molecule has 0 aliphatic rings. The van der Waals surface area contributed by atoms with Crippen molar-refractivity contribution in [1.82, 2.24) is 0 Å². The summed E-state index contributed by atoms with van der Waals surface area (Å²) in [6.07, 6.45) is -0.0348. The molecule has 0 aliphatic heterocycles. The zero-order chi connectivity index (χ0) is 12.8. The number of nitrogens with one attached hydrogen (secondary N) is 1. The van der Waals surface area contributed by atoms with Crippen LogP contribution in [0.3, 0.4) is 0 Å².